The second-order valence-electron chi connectivity index (χ2n) is 10.2. The SMILES string of the molecule is Cc1cccc(COc2ccc(/C(O)=C3\C(=O)C(=O)N(CCCN4CCOCC4)[C@@H]3c3ccc(O)cc3)cc2)c1. The Labute approximate surface area is 234 Å². The van der Waals surface area contributed by atoms with Crippen molar-refractivity contribution in [2.75, 3.05) is 39.4 Å². The summed E-state index contributed by atoms with van der Waals surface area (Å²) in [4.78, 5) is 30.3. The minimum Gasteiger partial charge on any atom is -0.508 e. The number of hydrogen-bond donors (Lipinski definition) is 2. The van der Waals surface area contributed by atoms with Crippen molar-refractivity contribution in [1.82, 2.24) is 9.80 Å². The Kier molecular flexibility index (Phi) is 8.48. The quantitative estimate of drug-likeness (QED) is 0.235. The minimum absolute atomic E-state index is 0.0375. The molecule has 2 heterocycles. The van der Waals surface area contributed by atoms with E-state index in [0.29, 0.717) is 49.7 Å². The summed E-state index contributed by atoms with van der Waals surface area (Å²) < 4.78 is 11.3. The van der Waals surface area contributed by atoms with E-state index in [9.17, 15) is 19.8 Å². The Morgan fingerprint density at radius 1 is 0.975 bits per heavy atom. The smallest absolute Gasteiger partial charge is 0.295 e. The van der Waals surface area contributed by atoms with E-state index in [0.717, 1.165) is 30.8 Å². The van der Waals surface area contributed by atoms with Gasteiger partial charge in [0.2, 0.25) is 0 Å². The lowest BCUT2D eigenvalue weighted by Gasteiger charge is -2.29. The van der Waals surface area contributed by atoms with Crippen molar-refractivity contribution in [3.05, 3.63) is 101 Å². The molecule has 1 atom stereocenters. The Balaban J connectivity index is 1.38. The van der Waals surface area contributed by atoms with Crippen molar-refractivity contribution in [1.29, 1.82) is 0 Å². The van der Waals surface area contributed by atoms with Crippen LogP contribution in [0.15, 0.2) is 78.4 Å². The molecule has 2 N–H and O–H groups in total. The molecule has 5 rings (SSSR count). The van der Waals surface area contributed by atoms with Gasteiger partial charge in [0, 0.05) is 31.7 Å². The van der Waals surface area contributed by atoms with E-state index in [2.05, 4.69) is 11.0 Å². The predicted molar refractivity (Wildman–Crippen MR) is 151 cm³/mol. The first-order chi connectivity index (χ1) is 19.4. The average Bonchev–Trinajstić information content (AvgIpc) is 3.22. The normalized spacial score (nSPS) is 19.2. The summed E-state index contributed by atoms with van der Waals surface area (Å²) in [7, 11) is 0. The zero-order valence-electron chi connectivity index (χ0n) is 22.6. The van der Waals surface area contributed by atoms with Gasteiger partial charge in [-0.25, -0.2) is 0 Å². The van der Waals surface area contributed by atoms with Crippen LogP contribution in [0, 0.1) is 6.92 Å². The molecule has 2 fully saturated rings. The average molecular weight is 543 g/mol. The molecule has 3 aromatic carbocycles. The highest BCUT2D eigenvalue weighted by atomic mass is 16.5. The van der Waals surface area contributed by atoms with Crippen LogP contribution in [0.5, 0.6) is 11.5 Å². The van der Waals surface area contributed by atoms with Crippen LogP contribution in [-0.4, -0.2) is 71.1 Å². The standard InChI is InChI=1S/C32H34N2O6/c1-22-4-2-5-23(20-22)21-40-27-12-8-25(9-13-27)30(36)28-29(24-6-10-26(35)11-7-24)34(32(38)31(28)37)15-3-14-33-16-18-39-19-17-33/h2,4-13,20,29,35-36H,3,14-19,21H2,1H3/b30-28+/t29-/m1/s1. The van der Waals surface area contributed by atoms with Gasteiger partial charge in [-0.1, -0.05) is 42.0 Å². The Morgan fingerprint density at radius 3 is 2.40 bits per heavy atom. The predicted octanol–water partition coefficient (Wildman–Crippen LogP) is 4.42. The molecule has 0 radical (unpaired) electrons. The molecule has 40 heavy (non-hydrogen) atoms. The van der Waals surface area contributed by atoms with Crippen molar-refractivity contribution in [2.24, 2.45) is 0 Å². The van der Waals surface area contributed by atoms with Gasteiger partial charge in [-0.2, -0.15) is 0 Å². The topological polar surface area (TPSA) is 99.5 Å². The zero-order chi connectivity index (χ0) is 28.1. The number of aryl methyl sites for hydroxylation is 1. The minimum atomic E-state index is -0.762. The van der Waals surface area contributed by atoms with E-state index < -0.39 is 17.7 Å². The fourth-order valence-corrected chi connectivity index (χ4v) is 5.24. The lowest BCUT2D eigenvalue weighted by Crippen LogP contribution is -2.38. The molecule has 3 aromatic rings. The molecule has 0 spiro atoms. The molecule has 208 valence electrons. The third kappa shape index (κ3) is 6.19. The van der Waals surface area contributed by atoms with Crippen molar-refractivity contribution in [2.45, 2.75) is 26.0 Å². The van der Waals surface area contributed by atoms with Gasteiger partial charge in [-0.3, -0.25) is 14.5 Å². The van der Waals surface area contributed by atoms with Gasteiger partial charge in [-0.15, -0.1) is 0 Å². The number of phenols is 1. The van der Waals surface area contributed by atoms with E-state index in [4.69, 9.17) is 9.47 Å². The van der Waals surface area contributed by atoms with Crippen molar-refractivity contribution >= 4 is 17.4 Å². The number of aliphatic hydroxyl groups excluding tert-OH is 1. The first-order valence-corrected chi connectivity index (χ1v) is 13.6. The van der Waals surface area contributed by atoms with Crippen molar-refractivity contribution in [3.63, 3.8) is 0 Å². The summed E-state index contributed by atoms with van der Waals surface area (Å²) >= 11 is 0. The summed E-state index contributed by atoms with van der Waals surface area (Å²) in [5.41, 5.74) is 3.30. The highest BCUT2D eigenvalue weighted by Gasteiger charge is 2.45. The maximum Gasteiger partial charge on any atom is 0.295 e. The summed E-state index contributed by atoms with van der Waals surface area (Å²) in [5.74, 6) is -0.898. The maximum atomic E-state index is 13.3. The number of rotatable bonds is 9. The number of ether oxygens (including phenoxy) is 2. The number of likely N-dealkylation sites (tertiary alicyclic amines) is 1. The third-order valence-corrected chi connectivity index (χ3v) is 7.34. The molecule has 0 saturated carbocycles. The van der Waals surface area contributed by atoms with Gasteiger partial charge in [0.25, 0.3) is 11.7 Å². The number of aromatic hydroxyl groups is 1. The van der Waals surface area contributed by atoms with E-state index in [1.54, 1.807) is 36.4 Å². The van der Waals surface area contributed by atoms with Crippen LogP contribution in [0.3, 0.4) is 0 Å². The fraction of sp³-hybridized carbons (Fsp3) is 0.312. The van der Waals surface area contributed by atoms with Crippen LogP contribution in [0.2, 0.25) is 0 Å². The molecule has 2 saturated heterocycles. The third-order valence-electron chi connectivity index (χ3n) is 7.34. The molecule has 0 aromatic heterocycles. The Bertz CT molecular complexity index is 1380. The van der Waals surface area contributed by atoms with Crippen molar-refractivity contribution in [3.8, 4) is 11.5 Å². The molecular weight excluding hydrogens is 508 g/mol. The Morgan fingerprint density at radius 2 is 1.70 bits per heavy atom. The van der Waals surface area contributed by atoms with E-state index >= 15 is 0 Å². The van der Waals surface area contributed by atoms with Gasteiger partial charge in [-0.05, 0) is 60.9 Å². The number of amides is 1. The summed E-state index contributed by atoms with van der Waals surface area (Å²) in [6, 6.07) is 20.5. The highest BCUT2D eigenvalue weighted by molar-refractivity contribution is 6.46. The number of benzene rings is 3. The number of Topliss-reactive ketones (excluding diaryl/α,β-unsaturated/α-hetero) is 1. The maximum absolute atomic E-state index is 13.3. The number of carbonyl (C=O) groups excluding carboxylic acids is 2. The number of morpholine rings is 1. The molecular formula is C32H34N2O6. The van der Waals surface area contributed by atoms with E-state index in [1.165, 1.54) is 17.0 Å². The van der Waals surface area contributed by atoms with Crippen LogP contribution in [0.4, 0.5) is 0 Å². The number of phenolic OH excluding ortho intramolecular Hbond substituents is 1. The monoisotopic (exact) mass is 542 g/mol. The number of hydrogen-bond acceptors (Lipinski definition) is 7. The number of nitrogens with zero attached hydrogens (tertiary/aromatic N) is 2. The van der Waals surface area contributed by atoms with Gasteiger partial charge in [0.15, 0.2) is 0 Å². The molecule has 1 amide bonds. The second-order valence-corrected chi connectivity index (χ2v) is 10.2. The fourth-order valence-electron chi connectivity index (χ4n) is 5.24. The van der Waals surface area contributed by atoms with Crippen molar-refractivity contribution < 1.29 is 29.3 Å². The van der Waals surface area contributed by atoms with Gasteiger partial charge < -0.3 is 24.6 Å². The van der Waals surface area contributed by atoms with Gasteiger partial charge in [0.1, 0.15) is 23.9 Å². The molecule has 0 bridgehead atoms. The van der Waals surface area contributed by atoms with Crippen LogP contribution < -0.4 is 4.74 Å². The van der Waals surface area contributed by atoms with Crippen LogP contribution >= 0.6 is 0 Å². The number of ketones is 1. The largest absolute Gasteiger partial charge is 0.508 e. The van der Waals surface area contributed by atoms with E-state index in [-0.39, 0.29) is 17.1 Å². The first-order valence-electron chi connectivity index (χ1n) is 13.6. The van der Waals surface area contributed by atoms with Crippen LogP contribution in [0.25, 0.3) is 5.76 Å². The van der Waals surface area contributed by atoms with Crippen LogP contribution in [0.1, 0.15) is 34.7 Å². The zero-order valence-corrected chi connectivity index (χ0v) is 22.6. The molecule has 8 nitrogen and oxygen atoms in total. The molecule has 0 aliphatic carbocycles. The summed E-state index contributed by atoms with van der Waals surface area (Å²) in [5, 5.41) is 21.2. The second kappa shape index (κ2) is 12.4. The summed E-state index contributed by atoms with van der Waals surface area (Å²) in [6.07, 6.45) is 0.675. The molecule has 8 heteroatoms. The number of carbonyl (C=O) groups is 2. The Hall–Kier alpha value is -4.14. The van der Waals surface area contributed by atoms with Crippen LogP contribution in [-0.2, 0) is 20.9 Å². The molecule has 2 aliphatic heterocycles. The lowest BCUT2D eigenvalue weighted by atomic mass is 9.95. The van der Waals surface area contributed by atoms with E-state index in [1.807, 2.05) is 25.1 Å². The highest BCUT2D eigenvalue weighted by Crippen LogP contribution is 2.40. The lowest BCUT2D eigenvalue weighted by molar-refractivity contribution is -0.140. The molecule has 2 aliphatic rings. The first kappa shape index (κ1) is 27.4. The summed E-state index contributed by atoms with van der Waals surface area (Å²) in [6.45, 7) is 6.62. The number of aliphatic hydroxyl groups is 1. The molecule has 0 unspecified atom stereocenters. The van der Waals surface area contributed by atoms with Gasteiger partial charge in [0.05, 0.1) is 24.8 Å². The van der Waals surface area contributed by atoms with Gasteiger partial charge >= 0.3 is 0 Å².